The van der Waals surface area contributed by atoms with E-state index in [1.165, 1.54) is 12.1 Å². The lowest BCUT2D eigenvalue weighted by molar-refractivity contribution is -0.384. The van der Waals surface area contributed by atoms with Crippen molar-refractivity contribution in [2.24, 2.45) is 7.05 Å². The molecular formula is C16H13IN4O3. The average Bonchev–Trinajstić information content (AvgIpc) is 2.89. The fourth-order valence-corrected chi connectivity index (χ4v) is 2.99. The first-order chi connectivity index (χ1) is 11.5. The van der Waals surface area contributed by atoms with E-state index in [4.69, 9.17) is 0 Å². The third-order valence-electron chi connectivity index (χ3n) is 3.69. The zero-order valence-corrected chi connectivity index (χ0v) is 14.9. The molecule has 3 aromatic rings. The normalized spacial score (nSPS) is 10.8. The second-order valence-electron chi connectivity index (χ2n) is 5.18. The molecule has 0 aliphatic carbocycles. The van der Waals surface area contributed by atoms with Crippen LogP contribution in [-0.2, 0) is 13.6 Å². The van der Waals surface area contributed by atoms with Gasteiger partial charge < -0.3 is 9.88 Å². The number of hydrogen-bond acceptors (Lipinski definition) is 4. The zero-order valence-electron chi connectivity index (χ0n) is 12.7. The molecule has 0 saturated carbocycles. The molecule has 2 aromatic carbocycles. The van der Waals surface area contributed by atoms with Crippen LogP contribution in [-0.4, -0.2) is 20.4 Å². The van der Waals surface area contributed by atoms with Gasteiger partial charge in [0.2, 0.25) is 0 Å². The number of carbonyl (C=O) groups excluding carboxylic acids is 1. The molecule has 24 heavy (non-hydrogen) atoms. The second-order valence-corrected chi connectivity index (χ2v) is 6.34. The van der Waals surface area contributed by atoms with Crippen molar-refractivity contribution in [1.82, 2.24) is 14.9 Å². The summed E-state index contributed by atoms with van der Waals surface area (Å²) in [5.41, 5.74) is 2.01. The van der Waals surface area contributed by atoms with Gasteiger partial charge in [0.1, 0.15) is 5.82 Å². The fraction of sp³-hybridized carbons (Fsp3) is 0.125. The minimum Gasteiger partial charge on any atom is -0.345 e. The lowest BCUT2D eigenvalue weighted by atomic mass is 10.2. The van der Waals surface area contributed by atoms with Crippen molar-refractivity contribution in [2.45, 2.75) is 6.54 Å². The second kappa shape index (κ2) is 6.56. The lowest BCUT2D eigenvalue weighted by Crippen LogP contribution is -2.25. The zero-order chi connectivity index (χ0) is 17.3. The molecule has 0 unspecified atom stereocenters. The maximum absolute atomic E-state index is 12.4. The van der Waals surface area contributed by atoms with Crippen molar-refractivity contribution in [3.8, 4) is 0 Å². The Bertz CT molecular complexity index is 952. The Labute approximate surface area is 151 Å². The Kier molecular flexibility index (Phi) is 4.47. The first-order valence-electron chi connectivity index (χ1n) is 7.10. The van der Waals surface area contributed by atoms with Crippen LogP contribution in [0.25, 0.3) is 11.0 Å². The Morgan fingerprint density at radius 1 is 1.33 bits per heavy atom. The number of para-hydroxylation sites is 2. The molecule has 0 bridgehead atoms. The van der Waals surface area contributed by atoms with E-state index in [-0.39, 0.29) is 23.7 Å². The molecule has 0 spiro atoms. The third-order valence-corrected chi connectivity index (χ3v) is 4.63. The van der Waals surface area contributed by atoms with Crippen molar-refractivity contribution in [3.63, 3.8) is 0 Å². The van der Waals surface area contributed by atoms with E-state index in [0.29, 0.717) is 9.39 Å². The molecule has 0 aliphatic heterocycles. The molecule has 122 valence electrons. The molecular weight excluding hydrogens is 423 g/mol. The molecule has 1 heterocycles. The van der Waals surface area contributed by atoms with Gasteiger partial charge in [-0.3, -0.25) is 14.9 Å². The van der Waals surface area contributed by atoms with Gasteiger partial charge in [0.15, 0.2) is 0 Å². The number of halogens is 1. The van der Waals surface area contributed by atoms with E-state index in [0.717, 1.165) is 11.0 Å². The third kappa shape index (κ3) is 3.09. The minimum atomic E-state index is -0.516. The topological polar surface area (TPSA) is 90.1 Å². The molecule has 0 fully saturated rings. The van der Waals surface area contributed by atoms with Crippen molar-refractivity contribution in [2.75, 3.05) is 0 Å². The van der Waals surface area contributed by atoms with Gasteiger partial charge in [0, 0.05) is 22.8 Å². The summed E-state index contributed by atoms with van der Waals surface area (Å²) in [7, 11) is 1.88. The van der Waals surface area contributed by atoms with Gasteiger partial charge in [-0.1, -0.05) is 12.1 Å². The predicted molar refractivity (Wildman–Crippen MR) is 97.7 cm³/mol. The van der Waals surface area contributed by atoms with E-state index >= 15 is 0 Å². The highest BCUT2D eigenvalue weighted by atomic mass is 127. The number of hydrogen-bond donors (Lipinski definition) is 1. The summed E-state index contributed by atoms with van der Waals surface area (Å²) >= 11 is 1.98. The van der Waals surface area contributed by atoms with Crippen molar-refractivity contribution in [1.29, 1.82) is 0 Å². The Hall–Kier alpha value is -2.49. The molecule has 8 heteroatoms. The highest BCUT2D eigenvalue weighted by Crippen LogP contribution is 2.20. The number of fused-ring (bicyclic) bond motifs is 1. The van der Waals surface area contributed by atoms with Crippen LogP contribution in [0.2, 0.25) is 0 Å². The van der Waals surface area contributed by atoms with Crippen LogP contribution in [0.5, 0.6) is 0 Å². The smallest absolute Gasteiger partial charge is 0.270 e. The van der Waals surface area contributed by atoms with Crippen LogP contribution in [0.3, 0.4) is 0 Å². The number of rotatable bonds is 4. The summed E-state index contributed by atoms with van der Waals surface area (Å²) in [5, 5.41) is 13.6. The van der Waals surface area contributed by atoms with Gasteiger partial charge in [-0.2, -0.15) is 0 Å². The van der Waals surface area contributed by atoms with Crippen molar-refractivity contribution in [3.05, 3.63) is 67.5 Å². The summed E-state index contributed by atoms with van der Waals surface area (Å²) in [5.74, 6) is 0.347. The number of amides is 1. The van der Waals surface area contributed by atoms with Crippen molar-refractivity contribution < 1.29 is 9.72 Å². The highest BCUT2D eigenvalue weighted by molar-refractivity contribution is 14.1. The maximum Gasteiger partial charge on any atom is 0.270 e. The molecule has 0 radical (unpaired) electrons. The van der Waals surface area contributed by atoms with E-state index in [9.17, 15) is 14.9 Å². The molecule has 1 amide bonds. The number of nitrogens with zero attached hydrogens (tertiary/aromatic N) is 3. The van der Waals surface area contributed by atoms with Crippen LogP contribution < -0.4 is 5.32 Å². The van der Waals surface area contributed by atoms with Crippen molar-refractivity contribution >= 4 is 45.2 Å². The fourth-order valence-electron chi connectivity index (χ4n) is 2.41. The number of aryl methyl sites for hydroxylation is 1. The summed E-state index contributed by atoms with van der Waals surface area (Å²) in [6.45, 7) is 0.239. The summed E-state index contributed by atoms with van der Waals surface area (Å²) in [4.78, 5) is 27.2. The number of imidazole rings is 1. The summed E-state index contributed by atoms with van der Waals surface area (Å²) in [6.07, 6.45) is 0. The molecule has 0 aliphatic rings. The van der Waals surface area contributed by atoms with Gasteiger partial charge in [-0.05, 0) is 40.8 Å². The van der Waals surface area contributed by atoms with E-state index in [1.807, 2.05) is 58.5 Å². The number of carbonyl (C=O) groups is 1. The number of aromatic nitrogens is 2. The van der Waals surface area contributed by atoms with Gasteiger partial charge in [0.05, 0.1) is 28.1 Å². The van der Waals surface area contributed by atoms with Crippen LogP contribution in [0.15, 0.2) is 42.5 Å². The Morgan fingerprint density at radius 2 is 2.08 bits per heavy atom. The molecule has 3 rings (SSSR count). The Morgan fingerprint density at radius 3 is 2.79 bits per heavy atom. The van der Waals surface area contributed by atoms with Gasteiger partial charge in [-0.15, -0.1) is 0 Å². The monoisotopic (exact) mass is 436 g/mol. The number of nitro groups is 1. The molecule has 0 saturated heterocycles. The summed E-state index contributed by atoms with van der Waals surface area (Å²) < 4.78 is 2.56. The standard InChI is InChI=1S/C16H13IN4O3/c1-20-14-5-3-2-4-13(14)19-15(20)9-18-16(22)11-8-10(21(23)24)6-7-12(11)17/h2-8H,9H2,1H3,(H,18,22). The van der Waals surface area contributed by atoms with Gasteiger partial charge >= 0.3 is 0 Å². The SMILES string of the molecule is Cn1c(CNC(=O)c2cc([N+](=O)[O-])ccc2I)nc2ccccc21. The molecule has 0 atom stereocenters. The van der Waals surface area contributed by atoms with Gasteiger partial charge in [-0.25, -0.2) is 4.98 Å². The van der Waals surface area contributed by atoms with Gasteiger partial charge in [0.25, 0.3) is 11.6 Å². The lowest BCUT2D eigenvalue weighted by Gasteiger charge is -2.07. The molecule has 1 N–H and O–H groups in total. The van der Waals surface area contributed by atoms with Crippen LogP contribution in [0.1, 0.15) is 16.2 Å². The first kappa shape index (κ1) is 16.4. The Balaban J connectivity index is 1.81. The first-order valence-corrected chi connectivity index (χ1v) is 8.17. The number of nitro benzene ring substituents is 1. The van der Waals surface area contributed by atoms with Crippen LogP contribution >= 0.6 is 22.6 Å². The average molecular weight is 436 g/mol. The van der Waals surface area contributed by atoms with E-state index < -0.39 is 4.92 Å². The minimum absolute atomic E-state index is 0.108. The highest BCUT2D eigenvalue weighted by Gasteiger charge is 2.16. The van der Waals surface area contributed by atoms with E-state index in [2.05, 4.69) is 10.3 Å². The molecule has 7 nitrogen and oxygen atoms in total. The number of nitrogens with one attached hydrogen (secondary N) is 1. The number of benzene rings is 2. The molecule has 1 aromatic heterocycles. The maximum atomic E-state index is 12.4. The van der Waals surface area contributed by atoms with E-state index in [1.54, 1.807) is 6.07 Å². The predicted octanol–water partition coefficient (Wildman–Crippen LogP) is 3.02. The van der Waals surface area contributed by atoms with Crippen LogP contribution in [0.4, 0.5) is 5.69 Å². The quantitative estimate of drug-likeness (QED) is 0.387. The van der Waals surface area contributed by atoms with Crippen LogP contribution in [0, 0.1) is 13.7 Å². The summed E-state index contributed by atoms with van der Waals surface area (Å²) in [6, 6.07) is 11.9. The number of non-ortho nitro benzene ring substituents is 1. The largest absolute Gasteiger partial charge is 0.345 e.